The maximum Gasteiger partial charge on any atom is 0.302 e. The van der Waals surface area contributed by atoms with Crippen molar-refractivity contribution in [1.82, 2.24) is 0 Å². The summed E-state index contributed by atoms with van der Waals surface area (Å²) in [6, 6.07) is 0.235. The standard InChI is InChI=1S/C16H25NO3S/c1-5-6-7-8-14-17-15-11(3)10(2)13(9-19-12(4)18)20-16(15)21-14/h5-6,10-11,13,15-16H,7-9H2,1-4H3/t10-,11-,13+,15?,16?/m0/s1. The number of allylic oxidation sites excluding steroid dienone is 2. The number of rotatable bonds is 5. The number of carbonyl (C=O) groups excluding carboxylic acids is 1. The zero-order valence-electron chi connectivity index (χ0n) is 13.2. The first kappa shape index (κ1) is 16.6. The fraction of sp³-hybridized carbons (Fsp3) is 0.750. The zero-order valence-corrected chi connectivity index (χ0v) is 14.1. The molecule has 5 atom stereocenters. The molecular formula is C16H25NO3S. The molecule has 5 heteroatoms. The minimum Gasteiger partial charge on any atom is -0.463 e. The summed E-state index contributed by atoms with van der Waals surface area (Å²) in [7, 11) is 0. The van der Waals surface area contributed by atoms with E-state index in [1.165, 1.54) is 12.0 Å². The smallest absolute Gasteiger partial charge is 0.302 e. The summed E-state index contributed by atoms with van der Waals surface area (Å²) >= 11 is 1.74. The van der Waals surface area contributed by atoms with Crippen LogP contribution in [0.2, 0.25) is 0 Å². The highest BCUT2D eigenvalue weighted by Gasteiger charge is 2.45. The van der Waals surface area contributed by atoms with Gasteiger partial charge in [0.2, 0.25) is 0 Å². The van der Waals surface area contributed by atoms with E-state index < -0.39 is 0 Å². The van der Waals surface area contributed by atoms with Crippen LogP contribution in [-0.2, 0) is 14.3 Å². The lowest BCUT2D eigenvalue weighted by atomic mass is 9.83. The van der Waals surface area contributed by atoms with Crippen LogP contribution in [0.1, 0.15) is 40.5 Å². The van der Waals surface area contributed by atoms with Gasteiger partial charge in [0.05, 0.1) is 17.2 Å². The molecule has 2 heterocycles. The molecule has 0 bridgehead atoms. The summed E-state index contributed by atoms with van der Waals surface area (Å²) in [6.07, 6.45) is 6.23. The third-order valence-electron chi connectivity index (χ3n) is 4.30. The molecule has 21 heavy (non-hydrogen) atoms. The Hall–Kier alpha value is -0.810. The van der Waals surface area contributed by atoms with Gasteiger partial charge in [-0.2, -0.15) is 0 Å². The maximum absolute atomic E-state index is 11.0. The maximum atomic E-state index is 11.0. The number of carbonyl (C=O) groups is 1. The molecule has 0 aromatic rings. The van der Waals surface area contributed by atoms with Crippen LogP contribution in [0.25, 0.3) is 0 Å². The van der Waals surface area contributed by atoms with Gasteiger partial charge in [-0.15, -0.1) is 0 Å². The molecule has 0 aromatic carbocycles. The number of nitrogens with zero attached hydrogens (tertiary/aromatic N) is 1. The van der Waals surface area contributed by atoms with Gasteiger partial charge < -0.3 is 9.47 Å². The van der Waals surface area contributed by atoms with Crippen molar-refractivity contribution < 1.29 is 14.3 Å². The topological polar surface area (TPSA) is 47.9 Å². The van der Waals surface area contributed by atoms with Gasteiger partial charge in [-0.1, -0.05) is 37.8 Å². The van der Waals surface area contributed by atoms with Gasteiger partial charge in [-0.3, -0.25) is 9.79 Å². The van der Waals surface area contributed by atoms with Crippen molar-refractivity contribution in [3.05, 3.63) is 12.2 Å². The second kappa shape index (κ2) is 7.45. The lowest BCUT2D eigenvalue weighted by Crippen LogP contribution is -2.47. The first-order valence-corrected chi connectivity index (χ1v) is 8.54. The predicted octanol–water partition coefficient (Wildman–Crippen LogP) is 3.42. The Labute approximate surface area is 131 Å². The molecule has 2 unspecified atom stereocenters. The molecule has 0 spiro atoms. The number of fused-ring (bicyclic) bond motifs is 1. The highest BCUT2D eigenvalue weighted by atomic mass is 32.2. The van der Waals surface area contributed by atoms with E-state index in [2.05, 4.69) is 26.0 Å². The molecular weight excluding hydrogens is 286 g/mol. The fourth-order valence-corrected chi connectivity index (χ4v) is 4.10. The van der Waals surface area contributed by atoms with Crippen molar-refractivity contribution in [2.45, 2.75) is 58.1 Å². The number of thioether (sulfide) groups is 1. The lowest BCUT2D eigenvalue weighted by Gasteiger charge is -2.40. The third-order valence-corrected chi connectivity index (χ3v) is 5.50. The van der Waals surface area contributed by atoms with Crippen molar-refractivity contribution in [2.75, 3.05) is 6.61 Å². The van der Waals surface area contributed by atoms with Gasteiger partial charge in [-0.25, -0.2) is 0 Å². The van der Waals surface area contributed by atoms with Gasteiger partial charge in [-0.05, 0) is 31.6 Å². The van der Waals surface area contributed by atoms with E-state index in [1.807, 2.05) is 6.92 Å². The van der Waals surface area contributed by atoms with Gasteiger partial charge in [0.25, 0.3) is 0 Å². The van der Waals surface area contributed by atoms with Crippen molar-refractivity contribution in [3.63, 3.8) is 0 Å². The van der Waals surface area contributed by atoms with E-state index in [0.29, 0.717) is 18.4 Å². The number of ether oxygens (including phenoxy) is 2. The van der Waals surface area contributed by atoms with E-state index in [9.17, 15) is 4.79 Å². The minimum atomic E-state index is -0.247. The molecule has 2 aliphatic rings. The van der Waals surface area contributed by atoms with Crippen molar-refractivity contribution >= 4 is 22.8 Å². The molecule has 2 rings (SSSR count). The third kappa shape index (κ3) is 4.10. The van der Waals surface area contributed by atoms with Gasteiger partial charge in [0, 0.05) is 6.92 Å². The first-order chi connectivity index (χ1) is 10.0. The van der Waals surface area contributed by atoms with E-state index >= 15 is 0 Å². The SMILES string of the molecule is CC=CCCC1=NC2C(O[C@H](COC(C)=O)[C@@H](C)[C@@H]2C)S1. The van der Waals surface area contributed by atoms with Crippen molar-refractivity contribution in [3.8, 4) is 0 Å². The van der Waals surface area contributed by atoms with Crippen LogP contribution in [0, 0.1) is 11.8 Å². The van der Waals surface area contributed by atoms with Crippen molar-refractivity contribution in [1.29, 1.82) is 0 Å². The number of hydrogen-bond donors (Lipinski definition) is 0. The molecule has 0 radical (unpaired) electrons. The van der Waals surface area contributed by atoms with Crippen LogP contribution in [-0.4, -0.2) is 35.2 Å². The summed E-state index contributed by atoms with van der Waals surface area (Å²) < 4.78 is 11.3. The molecule has 0 N–H and O–H groups in total. The highest BCUT2D eigenvalue weighted by molar-refractivity contribution is 8.14. The average Bonchev–Trinajstić information content (AvgIpc) is 2.84. The second-order valence-electron chi connectivity index (χ2n) is 5.80. The summed E-state index contributed by atoms with van der Waals surface area (Å²) in [5.74, 6) is 0.531. The quantitative estimate of drug-likeness (QED) is 0.576. The van der Waals surface area contributed by atoms with Crippen LogP contribution in [0.4, 0.5) is 0 Å². The summed E-state index contributed by atoms with van der Waals surface area (Å²) in [4.78, 5) is 15.8. The molecule has 0 amide bonds. The Bertz CT molecular complexity index is 435. The molecule has 1 saturated heterocycles. The number of esters is 1. The van der Waals surface area contributed by atoms with Crippen LogP contribution in [0.5, 0.6) is 0 Å². The minimum absolute atomic E-state index is 0.0252. The Morgan fingerprint density at radius 2 is 2.19 bits per heavy atom. The second-order valence-corrected chi connectivity index (χ2v) is 6.97. The highest BCUT2D eigenvalue weighted by Crippen LogP contribution is 2.42. The Morgan fingerprint density at radius 3 is 2.86 bits per heavy atom. The normalized spacial score (nSPS) is 35.6. The monoisotopic (exact) mass is 311 g/mol. The van der Waals surface area contributed by atoms with E-state index in [1.54, 1.807) is 11.8 Å². The first-order valence-electron chi connectivity index (χ1n) is 7.66. The van der Waals surface area contributed by atoms with Crippen molar-refractivity contribution in [2.24, 2.45) is 16.8 Å². The average molecular weight is 311 g/mol. The number of hydrogen-bond acceptors (Lipinski definition) is 5. The fourth-order valence-electron chi connectivity index (χ4n) is 2.77. The summed E-state index contributed by atoms with van der Waals surface area (Å²) in [6.45, 7) is 8.21. The molecule has 118 valence electrons. The zero-order chi connectivity index (χ0) is 15.4. The van der Waals surface area contributed by atoms with Crippen LogP contribution in [0.3, 0.4) is 0 Å². The predicted molar refractivity (Wildman–Crippen MR) is 86.5 cm³/mol. The molecule has 0 aromatic heterocycles. The number of aliphatic imine (C=N–C) groups is 1. The Kier molecular flexibility index (Phi) is 5.88. The largest absolute Gasteiger partial charge is 0.463 e. The van der Waals surface area contributed by atoms with Crippen LogP contribution in [0.15, 0.2) is 17.1 Å². The lowest BCUT2D eigenvalue weighted by molar-refractivity contribution is -0.152. The van der Waals surface area contributed by atoms with Crippen LogP contribution < -0.4 is 0 Å². The van der Waals surface area contributed by atoms with E-state index in [4.69, 9.17) is 14.5 Å². The molecule has 1 fully saturated rings. The summed E-state index contributed by atoms with van der Waals surface area (Å²) in [5.41, 5.74) is 0.0809. The molecule has 0 aliphatic carbocycles. The molecule has 4 nitrogen and oxygen atoms in total. The van der Waals surface area contributed by atoms with E-state index in [0.717, 1.165) is 12.8 Å². The molecule has 0 saturated carbocycles. The Morgan fingerprint density at radius 1 is 1.43 bits per heavy atom. The van der Waals surface area contributed by atoms with Gasteiger partial charge in [0.1, 0.15) is 12.0 Å². The summed E-state index contributed by atoms with van der Waals surface area (Å²) in [5, 5.41) is 1.19. The van der Waals surface area contributed by atoms with Gasteiger partial charge in [0.15, 0.2) is 0 Å². The Balaban J connectivity index is 1.95. The van der Waals surface area contributed by atoms with Gasteiger partial charge >= 0.3 is 5.97 Å². The molecule has 2 aliphatic heterocycles. The van der Waals surface area contributed by atoms with E-state index in [-0.39, 0.29) is 23.6 Å². The van der Waals surface area contributed by atoms with Crippen LogP contribution >= 0.6 is 11.8 Å².